The Hall–Kier alpha value is -1.03. The van der Waals surface area contributed by atoms with Gasteiger partial charge in [-0.2, -0.15) is 5.10 Å². The van der Waals surface area contributed by atoms with E-state index in [4.69, 9.17) is 0 Å². The van der Waals surface area contributed by atoms with Gasteiger partial charge in [-0.05, 0) is 27.3 Å². The van der Waals surface area contributed by atoms with Crippen molar-refractivity contribution in [1.82, 2.24) is 14.7 Å². The van der Waals surface area contributed by atoms with E-state index >= 15 is 0 Å². The quantitative estimate of drug-likeness (QED) is 0.799. The van der Waals surface area contributed by atoms with E-state index in [2.05, 4.69) is 40.9 Å². The normalized spacial score (nSPS) is 16.9. The summed E-state index contributed by atoms with van der Waals surface area (Å²) in [6, 6.07) is 0.437. The third kappa shape index (κ3) is 1.74. The van der Waals surface area contributed by atoms with Crippen molar-refractivity contribution in [3.8, 4) is 0 Å². The zero-order valence-corrected chi connectivity index (χ0v) is 10.0. The maximum Gasteiger partial charge on any atom is 0.151 e. The van der Waals surface area contributed by atoms with Gasteiger partial charge < -0.3 is 10.2 Å². The number of likely N-dealkylation sites (N-methyl/N-ethyl adjacent to an activating group) is 1. The zero-order valence-electron chi connectivity index (χ0n) is 10.0. The third-order valence-electron chi connectivity index (χ3n) is 3.01. The molecule has 1 N–H and O–H groups in total. The second-order valence-electron chi connectivity index (χ2n) is 4.55. The predicted octanol–water partition coefficient (Wildman–Crippen LogP) is 1.49. The van der Waals surface area contributed by atoms with E-state index in [0.717, 1.165) is 25.3 Å². The Kier molecular flexibility index (Phi) is 2.69. The second kappa shape index (κ2) is 3.85. The molecule has 1 aromatic rings. The Morgan fingerprint density at radius 2 is 2.13 bits per heavy atom. The molecule has 15 heavy (non-hydrogen) atoms. The standard InChI is InChI=1S/C11H20N4/c1-8(2)15-10-7-14(4)6-5-9(10)11(12-3)13-15/h8H,5-7H2,1-4H3,(H,12,13). The summed E-state index contributed by atoms with van der Waals surface area (Å²) in [6.07, 6.45) is 1.11. The molecule has 0 atom stereocenters. The summed E-state index contributed by atoms with van der Waals surface area (Å²) in [5, 5.41) is 7.82. The maximum atomic E-state index is 4.62. The average Bonchev–Trinajstić information content (AvgIpc) is 2.55. The van der Waals surface area contributed by atoms with Crippen LogP contribution in [0, 0.1) is 0 Å². The van der Waals surface area contributed by atoms with E-state index in [9.17, 15) is 0 Å². The molecule has 1 aliphatic heterocycles. The van der Waals surface area contributed by atoms with Crippen LogP contribution in [0.25, 0.3) is 0 Å². The average molecular weight is 208 g/mol. The Labute approximate surface area is 91.3 Å². The molecule has 0 bridgehead atoms. The molecule has 0 saturated heterocycles. The minimum atomic E-state index is 0.437. The SMILES string of the molecule is CNc1nn(C(C)C)c2c1CCN(C)C2. The second-order valence-corrected chi connectivity index (χ2v) is 4.55. The van der Waals surface area contributed by atoms with Crippen molar-refractivity contribution >= 4 is 5.82 Å². The van der Waals surface area contributed by atoms with Gasteiger partial charge in [-0.1, -0.05) is 0 Å². The lowest BCUT2D eigenvalue weighted by atomic mass is 10.1. The van der Waals surface area contributed by atoms with Crippen LogP contribution in [0.15, 0.2) is 0 Å². The molecule has 0 unspecified atom stereocenters. The molecule has 0 aliphatic carbocycles. The summed E-state index contributed by atoms with van der Waals surface area (Å²) in [7, 11) is 4.12. The lowest BCUT2D eigenvalue weighted by Crippen LogP contribution is -2.28. The molecular weight excluding hydrogens is 188 g/mol. The van der Waals surface area contributed by atoms with Gasteiger partial charge in [-0.3, -0.25) is 4.68 Å². The number of hydrogen-bond donors (Lipinski definition) is 1. The molecule has 1 aromatic heterocycles. The smallest absolute Gasteiger partial charge is 0.151 e. The third-order valence-corrected chi connectivity index (χ3v) is 3.01. The Morgan fingerprint density at radius 1 is 1.40 bits per heavy atom. The van der Waals surface area contributed by atoms with E-state index < -0.39 is 0 Å². The number of fused-ring (bicyclic) bond motifs is 1. The van der Waals surface area contributed by atoms with Gasteiger partial charge in [-0.25, -0.2) is 0 Å². The summed E-state index contributed by atoms with van der Waals surface area (Å²) in [5.74, 6) is 1.06. The van der Waals surface area contributed by atoms with Crippen LogP contribution >= 0.6 is 0 Å². The van der Waals surface area contributed by atoms with Crippen LogP contribution in [0.4, 0.5) is 5.82 Å². The predicted molar refractivity (Wildman–Crippen MR) is 62.2 cm³/mol. The first-order valence-corrected chi connectivity index (χ1v) is 5.60. The monoisotopic (exact) mass is 208 g/mol. The van der Waals surface area contributed by atoms with Crippen LogP contribution in [0.3, 0.4) is 0 Å². The molecule has 1 aliphatic rings. The number of hydrogen-bond acceptors (Lipinski definition) is 3. The summed E-state index contributed by atoms with van der Waals surface area (Å²) >= 11 is 0. The Balaban J connectivity index is 2.45. The van der Waals surface area contributed by atoms with E-state index in [1.807, 2.05) is 7.05 Å². The summed E-state index contributed by atoms with van der Waals surface area (Å²) < 4.78 is 2.15. The fraction of sp³-hybridized carbons (Fsp3) is 0.727. The highest BCUT2D eigenvalue weighted by atomic mass is 15.3. The molecule has 0 spiro atoms. The zero-order chi connectivity index (χ0) is 11.0. The van der Waals surface area contributed by atoms with E-state index in [0.29, 0.717) is 6.04 Å². The van der Waals surface area contributed by atoms with Crippen LogP contribution in [0.2, 0.25) is 0 Å². The fourth-order valence-corrected chi connectivity index (χ4v) is 2.20. The van der Waals surface area contributed by atoms with Crippen molar-refractivity contribution in [2.24, 2.45) is 0 Å². The molecule has 0 fully saturated rings. The molecule has 2 rings (SSSR count). The van der Waals surface area contributed by atoms with E-state index in [1.165, 1.54) is 11.3 Å². The number of aromatic nitrogens is 2. The van der Waals surface area contributed by atoms with E-state index in [-0.39, 0.29) is 0 Å². The van der Waals surface area contributed by atoms with Gasteiger partial charge in [0.1, 0.15) is 0 Å². The molecule has 84 valence electrons. The summed E-state index contributed by atoms with van der Waals surface area (Å²) in [5.41, 5.74) is 2.78. The van der Waals surface area contributed by atoms with E-state index in [1.54, 1.807) is 0 Å². The molecule has 0 amide bonds. The lowest BCUT2D eigenvalue weighted by molar-refractivity contribution is 0.296. The van der Waals surface area contributed by atoms with Crippen LogP contribution in [0.1, 0.15) is 31.1 Å². The molecule has 2 heterocycles. The number of rotatable bonds is 2. The van der Waals surface area contributed by atoms with Gasteiger partial charge in [0.15, 0.2) is 5.82 Å². The van der Waals surface area contributed by atoms with Crippen LogP contribution in [0.5, 0.6) is 0 Å². The van der Waals surface area contributed by atoms with Gasteiger partial charge >= 0.3 is 0 Å². The number of anilines is 1. The minimum absolute atomic E-state index is 0.437. The highest BCUT2D eigenvalue weighted by Crippen LogP contribution is 2.27. The number of nitrogens with one attached hydrogen (secondary N) is 1. The Bertz CT molecular complexity index is 354. The molecule has 0 aromatic carbocycles. The topological polar surface area (TPSA) is 33.1 Å². The van der Waals surface area contributed by atoms with Crippen molar-refractivity contribution in [3.63, 3.8) is 0 Å². The Morgan fingerprint density at radius 3 is 2.73 bits per heavy atom. The largest absolute Gasteiger partial charge is 0.371 e. The highest BCUT2D eigenvalue weighted by Gasteiger charge is 2.23. The van der Waals surface area contributed by atoms with Crippen molar-refractivity contribution in [3.05, 3.63) is 11.3 Å². The first-order valence-electron chi connectivity index (χ1n) is 5.60. The van der Waals surface area contributed by atoms with Gasteiger partial charge in [-0.15, -0.1) is 0 Å². The summed E-state index contributed by atoms with van der Waals surface area (Å²) in [4.78, 5) is 2.35. The lowest BCUT2D eigenvalue weighted by Gasteiger charge is -2.24. The van der Waals surface area contributed by atoms with Gasteiger partial charge in [0.2, 0.25) is 0 Å². The molecule has 0 radical (unpaired) electrons. The van der Waals surface area contributed by atoms with Crippen molar-refractivity contribution in [2.45, 2.75) is 32.9 Å². The first kappa shape index (κ1) is 10.5. The first-order chi connectivity index (χ1) is 7.13. The van der Waals surface area contributed by atoms with Gasteiger partial charge in [0, 0.05) is 31.7 Å². The molecule has 0 saturated carbocycles. The van der Waals surface area contributed by atoms with Crippen LogP contribution in [-0.4, -0.2) is 35.3 Å². The molecule has 4 nitrogen and oxygen atoms in total. The van der Waals surface area contributed by atoms with Crippen LogP contribution < -0.4 is 5.32 Å². The van der Waals surface area contributed by atoms with Crippen molar-refractivity contribution < 1.29 is 0 Å². The van der Waals surface area contributed by atoms with Crippen molar-refractivity contribution in [1.29, 1.82) is 0 Å². The molecule has 4 heteroatoms. The highest BCUT2D eigenvalue weighted by molar-refractivity contribution is 5.47. The van der Waals surface area contributed by atoms with Gasteiger partial charge in [0.05, 0.1) is 5.69 Å². The number of nitrogens with zero attached hydrogens (tertiary/aromatic N) is 3. The van der Waals surface area contributed by atoms with Gasteiger partial charge in [0.25, 0.3) is 0 Å². The minimum Gasteiger partial charge on any atom is -0.371 e. The molecular formula is C11H20N4. The van der Waals surface area contributed by atoms with Crippen molar-refractivity contribution in [2.75, 3.05) is 26.0 Å². The fourth-order valence-electron chi connectivity index (χ4n) is 2.20. The van der Waals surface area contributed by atoms with Crippen LogP contribution in [-0.2, 0) is 13.0 Å². The summed E-state index contributed by atoms with van der Waals surface area (Å²) in [6.45, 7) is 6.51. The maximum absolute atomic E-state index is 4.62.